The highest BCUT2D eigenvalue weighted by Gasteiger charge is 2.21. The summed E-state index contributed by atoms with van der Waals surface area (Å²) < 4.78 is 5.62. The van der Waals surface area contributed by atoms with Crippen LogP contribution >= 0.6 is 24.0 Å². The highest BCUT2D eigenvalue weighted by molar-refractivity contribution is 6.31. The lowest BCUT2D eigenvalue weighted by molar-refractivity contribution is -0.135. The average Bonchev–Trinajstić information content (AvgIpc) is 2.68. The summed E-state index contributed by atoms with van der Waals surface area (Å²) in [6, 6.07) is 9.54. The molecule has 0 bridgehead atoms. The molecular formula is C20H25Cl2N3O2. The van der Waals surface area contributed by atoms with Crippen LogP contribution in [0.1, 0.15) is 11.1 Å². The van der Waals surface area contributed by atoms with Crippen LogP contribution in [0.3, 0.4) is 0 Å². The minimum absolute atomic E-state index is 0. The van der Waals surface area contributed by atoms with E-state index in [2.05, 4.69) is 22.0 Å². The van der Waals surface area contributed by atoms with Gasteiger partial charge in [0.2, 0.25) is 0 Å². The fourth-order valence-corrected chi connectivity index (χ4v) is 3.12. The number of pyridine rings is 1. The molecule has 1 saturated heterocycles. The third kappa shape index (κ3) is 6.38. The minimum Gasteiger partial charge on any atom is -0.484 e. The fraction of sp³-hybridized carbons (Fsp3) is 0.400. The highest BCUT2D eigenvalue weighted by atomic mass is 35.5. The van der Waals surface area contributed by atoms with Gasteiger partial charge in [-0.25, -0.2) is 0 Å². The van der Waals surface area contributed by atoms with E-state index in [0.717, 1.165) is 44.7 Å². The smallest absolute Gasteiger partial charge is 0.260 e. The van der Waals surface area contributed by atoms with Crippen LogP contribution in [-0.2, 0) is 11.2 Å². The molecule has 3 rings (SSSR count). The Morgan fingerprint density at radius 3 is 2.52 bits per heavy atom. The van der Waals surface area contributed by atoms with Gasteiger partial charge in [0.05, 0.1) is 0 Å². The molecule has 0 N–H and O–H groups in total. The highest BCUT2D eigenvalue weighted by Crippen LogP contribution is 2.21. The Kier molecular flexibility index (Phi) is 8.35. The first kappa shape index (κ1) is 21.5. The number of hydrogen-bond donors (Lipinski definition) is 0. The zero-order valence-corrected chi connectivity index (χ0v) is 17.0. The van der Waals surface area contributed by atoms with Crippen molar-refractivity contribution in [2.24, 2.45) is 0 Å². The normalized spacial score (nSPS) is 14.5. The number of piperazine rings is 1. The number of ether oxygens (including phenoxy) is 1. The van der Waals surface area contributed by atoms with Crippen LogP contribution in [0.5, 0.6) is 5.75 Å². The molecular weight excluding hydrogens is 385 g/mol. The lowest BCUT2D eigenvalue weighted by Gasteiger charge is -2.34. The maximum Gasteiger partial charge on any atom is 0.260 e. The molecule has 0 radical (unpaired) electrons. The first-order valence-electron chi connectivity index (χ1n) is 8.90. The molecule has 0 atom stereocenters. The maximum atomic E-state index is 12.4. The van der Waals surface area contributed by atoms with E-state index in [4.69, 9.17) is 16.3 Å². The molecule has 1 amide bonds. The summed E-state index contributed by atoms with van der Waals surface area (Å²) in [6.45, 7) is 6.29. The minimum atomic E-state index is 0. The number of hydrogen-bond acceptors (Lipinski definition) is 4. The van der Waals surface area contributed by atoms with Gasteiger partial charge in [0, 0.05) is 50.1 Å². The average molecular weight is 410 g/mol. The van der Waals surface area contributed by atoms with Gasteiger partial charge < -0.3 is 9.64 Å². The summed E-state index contributed by atoms with van der Waals surface area (Å²) in [7, 11) is 0. The molecule has 0 unspecified atom stereocenters. The third-order valence-electron chi connectivity index (χ3n) is 4.68. The molecule has 0 spiro atoms. The van der Waals surface area contributed by atoms with Crippen molar-refractivity contribution in [2.45, 2.75) is 13.3 Å². The number of halogens is 2. The van der Waals surface area contributed by atoms with E-state index in [1.165, 1.54) is 5.56 Å². The second-order valence-corrected chi connectivity index (χ2v) is 6.93. The number of aromatic nitrogens is 1. The van der Waals surface area contributed by atoms with Gasteiger partial charge in [-0.15, -0.1) is 12.4 Å². The number of aryl methyl sites for hydroxylation is 1. The summed E-state index contributed by atoms with van der Waals surface area (Å²) in [5, 5.41) is 0.701. The Balaban J connectivity index is 0.00000261. The second kappa shape index (κ2) is 10.5. The summed E-state index contributed by atoms with van der Waals surface area (Å²) in [5.41, 5.74) is 2.24. The van der Waals surface area contributed by atoms with Crippen LogP contribution in [0.25, 0.3) is 0 Å². The maximum absolute atomic E-state index is 12.4. The number of rotatable bonds is 6. The molecule has 1 aromatic heterocycles. The summed E-state index contributed by atoms with van der Waals surface area (Å²) in [5.74, 6) is 0.711. The van der Waals surface area contributed by atoms with Crippen molar-refractivity contribution in [3.63, 3.8) is 0 Å². The largest absolute Gasteiger partial charge is 0.484 e. The molecule has 1 fully saturated rings. The van der Waals surface area contributed by atoms with Crippen molar-refractivity contribution in [3.8, 4) is 5.75 Å². The molecule has 1 aromatic carbocycles. The number of carbonyl (C=O) groups is 1. The predicted molar refractivity (Wildman–Crippen MR) is 110 cm³/mol. The first-order valence-corrected chi connectivity index (χ1v) is 9.27. The van der Waals surface area contributed by atoms with E-state index in [-0.39, 0.29) is 24.9 Å². The SMILES string of the molecule is Cc1cc(OCC(=O)N2CCN(CCc3ccncc3)CC2)ccc1Cl.Cl. The standard InChI is InChI=1S/C20H24ClN3O2.ClH/c1-16-14-18(2-3-19(16)21)26-15-20(25)24-12-10-23(11-13-24)9-6-17-4-7-22-8-5-17;/h2-5,7-8,14H,6,9-13,15H2,1H3;1H. The number of carbonyl (C=O) groups excluding carboxylic acids is 1. The Morgan fingerprint density at radius 2 is 1.85 bits per heavy atom. The quantitative estimate of drug-likeness (QED) is 0.734. The Labute approximate surface area is 171 Å². The van der Waals surface area contributed by atoms with Gasteiger partial charge in [0.15, 0.2) is 6.61 Å². The number of amides is 1. The Bertz CT molecular complexity index is 735. The fourth-order valence-electron chi connectivity index (χ4n) is 3.00. The van der Waals surface area contributed by atoms with Gasteiger partial charge in [-0.3, -0.25) is 14.7 Å². The van der Waals surface area contributed by atoms with E-state index in [1.54, 1.807) is 12.1 Å². The molecule has 27 heavy (non-hydrogen) atoms. The molecule has 7 heteroatoms. The number of benzene rings is 1. The van der Waals surface area contributed by atoms with Gasteiger partial charge in [-0.05, 0) is 54.8 Å². The lowest BCUT2D eigenvalue weighted by atomic mass is 10.2. The van der Waals surface area contributed by atoms with Gasteiger partial charge in [0.25, 0.3) is 5.91 Å². The first-order chi connectivity index (χ1) is 12.6. The summed E-state index contributed by atoms with van der Waals surface area (Å²) in [4.78, 5) is 20.7. The molecule has 1 aliphatic rings. The zero-order chi connectivity index (χ0) is 18.4. The van der Waals surface area contributed by atoms with E-state index in [0.29, 0.717) is 10.8 Å². The third-order valence-corrected chi connectivity index (χ3v) is 5.11. The molecule has 0 aliphatic carbocycles. The molecule has 2 aromatic rings. The monoisotopic (exact) mass is 409 g/mol. The van der Waals surface area contributed by atoms with E-state index < -0.39 is 0 Å². The predicted octanol–water partition coefficient (Wildman–Crippen LogP) is 3.23. The van der Waals surface area contributed by atoms with Crippen LogP contribution in [0.15, 0.2) is 42.7 Å². The van der Waals surface area contributed by atoms with Crippen molar-refractivity contribution in [1.82, 2.24) is 14.8 Å². The summed E-state index contributed by atoms with van der Waals surface area (Å²) >= 11 is 6.01. The Hall–Kier alpha value is -1.82. The van der Waals surface area contributed by atoms with Gasteiger partial charge in [-0.2, -0.15) is 0 Å². The van der Waals surface area contributed by atoms with Crippen molar-refractivity contribution >= 4 is 29.9 Å². The lowest BCUT2D eigenvalue weighted by Crippen LogP contribution is -2.50. The number of nitrogens with zero attached hydrogens (tertiary/aromatic N) is 3. The van der Waals surface area contributed by atoms with Gasteiger partial charge in [-0.1, -0.05) is 11.6 Å². The molecule has 0 saturated carbocycles. The van der Waals surface area contributed by atoms with Crippen LogP contribution in [0.2, 0.25) is 5.02 Å². The van der Waals surface area contributed by atoms with Crippen molar-refractivity contribution in [3.05, 3.63) is 58.9 Å². The van der Waals surface area contributed by atoms with Crippen molar-refractivity contribution in [2.75, 3.05) is 39.3 Å². The zero-order valence-electron chi connectivity index (χ0n) is 15.4. The molecule has 146 valence electrons. The summed E-state index contributed by atoms with van der Waals surface area (Å²) in [6.07, 6.45) is 4.66. The van der Waals surface area contributed by atoms with Crippen molar-refractivity contribution in [1.29, 1.82) is 0 Å². The molecule has 5 nitrogen and oxygen atoms in total. The van der Waals surface area contributed by atoms with Crippen LogP contribution in [0.4, 0.5) is 0 Å². The van der Waals surface area contributed by atoms with E-state index >= 15 is 0 Å². The van der Waals surface area contributed by atoms with Gasteiger partial charge in [0.1, 0.15) is 5.75 Å². The van der Waals surface area contributed by atoms with Gasteiger partial charge >= 0.3 is 0 Å². The Morgan fingerprint density at radius 1 is 1.15 bits per heavy atom. The van der Waals surface area contributed by atoms with Crippen molar-refractivity contribution < 1.29 is 9.53 Å². The molecule has 2 heterocycles. The van der Waals surface area contributed by atoms with E-state index in [1.807, 2.05) is 30.3 Å². The van der Waals surface area contributed by atoms with E-state index in [9.17, 15) is 4.79 Å². The van der Waals surface area contributed by atoms with Crippen LogP contribution < -0.4 is 4.74 Å². The second-order valence-electron chi connectivity index (χ2n) is 6.53. The topological polar surface area (TPSA) is 45.7 Å². The van der Waals surface area contributed by atoms with Crippen LogP contribution in [0, 0.1) is 6.92 Å². The molecule has 1 aliphatic heterocycles. The van der Waals surface area contributed by atoms with Crippen LogP contribution in [-0.4, -0.2) is 60.0 Å².